The Bertz CT molecular complexity index is 687. The van der Waals surface area contributed by atoms with E-state index in [0.29, 0.717) is 29.5 Å². The molecule has 0 radical (unpaired) electrons. The Morgan fingerprint density at radius 1 is 1.46 bits per heavy atom. The number of halogens is 1. The van der Waals surface area contributed by atoms with E-state index in [9.17, 15) is 9.90 Å². The first-order valence-corrected chi connectivity index (χ1v) is 8.26. The molecule has 0 saturated heterocycles. The Kier molecular flexibility index (Phi) is 6.63. The molecule has 2 N–H and O–H groups in total. The number of carbonyl (C=O) groups is 1. The van der Waals surface area contributed by atoms with E-state index >= 15 is 0 Å². The number of aliphatic hydroxyl groups is 1. The molecule has 0 aliphatic rings. The van der Waals surface area contributed by atoms with Crippen LogP contribution in [0.4, 0.5) is 0 Å². The summed E-state index contributed by atoms with van der Waals surface area (Å²) in [6.07, 6.45) is 2.47. The Labute approximate surface area is 146 Å². The number of carbonyl (C=O) groups excluding carboxylic acids is 1. The fraction of sp³-hybridized carbons (Fsp3) is 0.412. The average molecular weight is 352 g/mol. The first kappa shape index (κ1) is 18.3. The third-order valence-electron chi connectivity index (χ3n) is 3.57. The molecular formula is C17H22ClN3O3. The number of amides is 1. The molecule has 1 aromatic carbocycles. The molecule has 0 bridgehead atoms. The highest BCUT2D eigenvalue weighted by Gasteiger charge is 2.19. The summed E-state index contributed by atoms with van der Waals surface area (Å²) in [5.41, 5.74) is 2.11. The van der Waals surface area contributed by atoms with Crippen molar-refractivity contribution in [2.45, 2.75) is 26.8 Å². The zero-order chi connectivity index (χ0) is 17.5. The second kappa shape index (κ2) is 8.70. The average Bonchev–Trinajstić information content (AvgIpc) is 2.97. The molecule has 130 valence electrons. The predicted octanol–water partition coefficient (Wildman–Crippen LogP) is 2.80. The number of H-pyrrole nitrogens is 1. The minimum Gasteiger partial charge on any atom is -0.492 e. The van der Waals surface area contributed by atoms with Crippen molar-refractivity contribution in [3.05, 3.63) is 46.5 Å². The van der Waals surface area contributed by atoms with Crippen LogP contribution in [0.2, 0.25) is 5.02 Å². The van der Waals surface area contributed by atoms with Crippen LogP contribution < -0.4 is 4.74 Å². The number of hydrogen-bond acceptors (Lipinski definition) is 4. The number of ether oxygens (including phenoxy) is 1. The van der Waals surface area contributed by atoms with Crippen LogP contribution in [0, 0.1) is 6.92 Å². The summed E-state index contributed by atoms with van der Waals surface area (Å²) in [6.45, 7) is 4.89. The van der Waals surface area contributed by atoms with Crippen LogP contribution in [-0.4, -0.2) is 45.6 Å². The number of aromatic amines is 1. The highest BCUT2D eigenvalue weighted by atomic mass is 35.5. The maximum Gasteiger partial charge on any atom is 0.254 e. The Morgan fingerprint density at radius 3 is 2.83 bits per heavy atom. The molecule has 0 aliphatic heterocycles. The molecular weight excluding hydrogens is 330 g/mol. The van der Waals surface area contributed by atoms with Crippen LogP contribution in [0.1, 0.15) is 35.1 Å². The number of rotatable bonds is 8. The van der Waals surface area contributed by atoms with Gasteiger partial charge in [0.2, 0.25) is 0 Å². The minimum absolute atomic E-state index is 0.124. The van der Waals surface area contributed by atoms with Gasteiger partial charge in [0.05, 0.1) is 36.8 Å². The summed E-state index contributed by atoms with van der Waals surface area (Å²) in [5.74, 6) is 0.349. The lowest BCUT2D eigenvalue weighted by Crippen LogP contribution is -2.33. The molecule has 0 atom stereocenters. The van der Waals surface area contributed by atoms with Crippen molar-refractivity contribution in [3.8, 4) is 5.75 Å². The van der Waals surface area contributed by atoms with Crippen LogP contribution in [0.3, 0.4) is 0 Å². The minimum atomic E-state index is -0.213. The zero-order valence-corrected chi connectivity index (χ0v) is 14.6. The van der Waals surface area contributed by atoms with Crippen molar-refractivity contribution in [2.75, 3.05) is 19.8 Å². The molecule has 0 fully saturated rings. The van der Waals surface area contributed by atoms with Gasteiger partial charge in [-0.05, 0) is 31.5 Å². The van der Waals surface area contributed by atoms with Gasteiger partial charge in [-0.3, -0.25) is 4.79 Å². The molecule has 2 rings (SSSR count). The van der Waals surface area contributed by atoms with Crippen molar-refractivity contribution in [3.63, 3.8) is 0 Å². The van der Waals surface area contributed by atoms with E-state index in [0.717, 1.165) is 17.8 Å². The number of aryl methyl sites for hydroxylation is 1. The largest absolute Gasteiger partial charge is 0.492 e. The summed E-state index contributed by atoms with van der Waals surface area (Å²) < 4.78 is 5.52. The number of nitrogens with zero attached hydrogens (tertiary/aromatic N) is 2. The molecule has 1 aromatic heterocycles. The summed E-state index contributed by atoms with van der Waals surface area (Å²) in [6, 6.07) is 4.97. The van der Waals surface area contributed by atoms with Crippen molar-refractivity contribution in [2.24, 2.45) is 0 Å². The van der Waals surface area contributed by atoms with Gasteiger partial charge in [0.15, 0.2) is 0 Å². The number of benzene rings is 1. The monoisotopic (exact) mass is 351 g/mol. The van der Waals surface area contributed by atoms with E-state index < -0.39 is 0 Å². The number of imidazole rings is 1. The highest BCUT2D eigenvalue weighted by molar-refractivity contribution is 6.32. The Balaban J connectivity index is 2.17. The Morgan fingerprint density at radius 2 is 2.25 bits per heavy atom. The van der Waals surface area contributed by atoms with Crippen molar-refractivity contribution >= 4 is 17.5 Å². The quantitative estimate of drug-likeness (QED) is 0.766. The van der Waals surface area contributed by atoms with E-state index in [4.69, 9.17) is 16.3 Å². The van der Waals surface area contributed by atoms with Crippen molar-refractivity contribution in [1.29, 1.82) is 0 Å². The van der Waals surface area contributed by atoms with E-state index in [1.165, 1.54) is 0 Å². The van der Waals surface area contributed by atoms with Crippen LogP contribution >= 0.6 is 11.6 Å². The van der Waals surface area contributed by atoms with Gasteiger partial charge in [-0.2, -0.15) is 0 Å². The van der Waals surface area contributed by atoms with Crippen LogP contribution in [0.25, 0.3) is 0 Å². The molecule has 0 saturated carbocycles. The molecule has 0 spiro atoms. The first-order chi connectivity index (χ1) is 11.6. The summed E-state index contributed by atoms with van der Waals surface area (Å²) in [5, 5.41) is 9.66. The normalized spacial score (nSPS) is 10.7. The van der Waals surface area contributed by atoms with Gasteiger partial charge in [0.25, 0.3) is 5.91 Å². The van der Waals surface area contributed by atoms with Crippen molar-refractivity contribution in [1.82, 2.24) is 14.9 Å². The maximum absolute atomic E-state index is 12.7. The van der Waals surface area contributed by atoms with Gasteiger partial charge in [0, 0.05) is 17.8 Å². The van der Waals surface area contributed by atoms with E-state index in [2.05, 4.69) is 9.97 Å². The van der Waals surface area contributed by atoms with E-state index in [1.807, 2.05) is 13.8 Å². The topological polar surface area (TPSA) is 78.4 Å². The third kappa shape index (κ3) is 4.49. The molecule has 7 heteroatoms. The predicted molar refractivity (Wildman–Crippen MR) is 92.4 cm³/mol. The lowest BCUT2D eigenvalue weighted by atomic mass is 10.1. The SMILES string of the molecule is CCCOc1ccc(C(=O)N(CCO)Cc2nc[nH]c2C)cc1Cl. The van der Waals surface area contributed by atoms with Gasteiger partial charge in [-0.1, -0.05) is 18.5 Å². The lowest BCUT2D eigenvalue weighted by molar-refractivity contribution is 0.0705. The smallest absolute Gasteiger partial charge is 0.254 e. The fourth-order valence-corrected chi connectivity index (χ4v) is 2.48. The van der Waals surface area contributed by atoms with E-state index in [-0.39, 0.29) is 19.1 Å². The molecule has 0 aliphatic carbocycles. The molecule has 1 amide bonds. The molecule has 2 aromatic rings. The lowest BCUT2D eigenvalue weighted by Gasteiger charge is -2.21. The van der Waals surface area contributed by atoms with Crippen molar-refractivity contribution < 1.29 is 14.6 Å². The highest BCUT2D eigenvalue weighted by Crippen LogP contribution is 2.26. The number of aliphatic hydroxyl groups excluding tert-OH is 1. The zero-order valence-electron chi connectivity index (χ0n) is 13.9. The molecule has 6 nitrogen and oxygen atoms in total. The van der Waals surface area contributed by atoms with Gasteiger partial charge >= 0.3 is 0 Å². The molecule has 0 unspecified atom stereocenters. The van der Waals surface area contributed by atoms with Crippen LogP contribution in [0.15, 0.2) is 24.5 Å². The van der Waals surface area contributed by atoms with Gasteiger partial charge < -0.3 is 19.7 Å². The standard InChI is InChI=1S/C17H22ClN3O3/c1-3-8-24-16-5-4-13(9-14(16)18)17(23)21(6-7-22)10-15-12(2)19-11-20-15/h4-5,9,11,22H,3,6-8,10H2,1-2H3,(H,19,20). The number of nitrogens with one attached hydrogen (secondary N) is 1. The third-order valence-corrected chi connectivity index (χ3v) is 3.87. The Hall–Kier alpha value is -2.05. The van der Waals surface area contributed by atoms with E-state index in [1.54, 1.807) is 29.4 Å². The molecule has 24 heavy (non-hydrogen) atoms. The second-order valence-electron chi connectivity index (χ2n) is 5.42. The van der Waals surface area contributed by atoms with Crippen LogP contribution in [-0.2, 0) is 6.54 Å². The number of aromatic nitrogens is 2. The van der Waals surface area contributed by atoms with Gasteiger partial charge in [-0.25, -0.2) is 4.98 Å². The summed E-state index contributed by atoms with van der Waals surface area (Å²) in [4.78, 5) is 21.5. The second-order valence-corrected chi connectivity index (χ2v) is 5.83. The fourth-order valence-electron chi connectivity index (χ4n) is 2.25. The number of hydrogen-bond donors (Lipinski definition) is 2. The van der Waals surface area contributed by atoms with Crippen LogP contribution in [0.5, 0.6) is 5.75 Å². The maximum atomic E-state index is 12.7. The van der Waals surface area contributed by atoms with Gasteiger partial charge in [0.1, 0.15) is 5.75 Å². The van der Waals surface area contributed by atoms with Gasteiger partial charge in [-0.15, -0.1) is 0 Å². The summed E-state index contributed by atoms with van der Waals surface area (Å²) >= 11 is 6.20. The molecule has 1 heterocycles. The first-order valence-electron chi connectivity index (χ1n) is 7.88. The summed E-state index contributed by atoms with van der Waals surface area (Å²) in [7, 11) is 0.